The highest BCUT2D eigenvalue weighted by molar-refractivity contribution is 6.29. The van der Waals surface area contributed by atoms with Crippen molar-refractivity contribution < 1.29 is 0 Å². The SMILES string of the molecule is CCN(CC)CCn1cnc2ccc(Cl)nc21. The fourth-order valence-electron chi connectivity index (χ4n) is 1.87. The first-order valence-corrected chi connectivity index (χ1v) is 6.32. The van der Waals surface area contributed by atoms with Crippen molar-refractivity contribution in [2.24, 2.45) is 0 Å². The van der Waals surface area contributed by atoms with Gasteiger partial charge in [-0.05, 0) is 25.2 Å². The second-order valence-corrected chi connectivity index (χ2v) is 4.33. The van der Waals surface area contributed by atoms with Crippen molar-refractivity contribution in [3.05, 3.63) is 23.6 Å². The van der Waals surface area contributed by atoms with E-state index in [1.165, 1.54) is 0 Å². The van der Waals surface area contributed by atoms with Crippen LogP contribution in [0.2, 0.25) is 5.15 Å². The summed E-state index contributed by atoms with van der Waals surface area (Å²) in [6.07, 6.45) is 1.83. The minimum absolute atomic E-state index is 0.516. The van der Waals surface area contributed by atoms with Gasteiger partial charge in [-0.1, -0.05) is 25.4 Å². The molecule has 4 nitrogen and oxygen atoms in total. The molecule has 17 heavy (non-hydrogen) atoms. The lowest BCUT2D eigenvalue weighted by molar-refractivity contribution is 0.291. The zero-order valence-electron chi connectivity index (χ0n) is 10.2. The van der Waals surface area contributed by atoms with E-state index in [0.717, 1.165) is 37.3 Å². The first-order chi connectivity index (χ1) is 8.24. The van der Waals surface area contributed by atoms with Crippen LogP contribution in [0.5, 0.6) is 0 Å². The lowest BCUT2D eigenvalue weighted by atomic mass is 10.4. The summed E-state index contributed by atoms with van der Waals surface area (Å²) in [6, 6.07) is 3.67. The lowest BCUT2D eigenvalue weighted by Gasteiger charge is -2.17. The molecule has 2 aromatic rings. The Morgan fingerprint density at radius 2 is 2.06 bits per heavy atom. The lowest BCUT2D eigenvalue weighted by Crippen LogP contribution is -2.26. The van der Waals surface area contributed by atoms with Crippen LogP contribution in [0.3, 0.4) is 0 Å². The maximum atomic E-state index is 5.90. The third kappa shape index (κ3) is 2.76. The Hall–Kier alpha value is -1.13. The highest BCUT2D eigenvalue weighted by Gasteiger charge is 2.06. The summed E-state index contributed by atoms with van der Waals surface area (Å²) in [7, 11) is 0. The third-order valence-electron chi connectivity index (χ3n) is 2.98. The van der Waals surface area contributed by atoms with Crippen molar-refractivity contribution in [1.29, 1.82) is 0 Å². The molecule has 0 saturated carbocycles. The van der Waals surface area contributed by atoms with Gasteiger partial charge in [-0.2, -0.15) is 0 Å². The molecule has 2 rings (SSSR count). The summed E-state index contributed by atoms with van der Waals surface area (Å²) in [4.78, 5) is 11.0. The number of rotatable bonds is 5. The fraction of sp³-hybridized carbons (Fsp3) is 0.500. The molecule has 2 aromatic heterocycles. The normalized spacial score (nSPS) is 11.5. The van der Waals surface area contributed by atoms with Gasteiger partial charge < -0.3 is 9.47 Å². The van der Waals surface area contributed by atoms with E-state index in [1.807, 2.05) is 12.4 Å². The summed E-state index contributed by atoms with van der Waals surface area (Å²) < 4.78 is 2.06. The van der Waals surface area contributed by atoms with Crippen molar-refractivity contribution in [3.63, 3.8) is 0 Å². The van der Waals surface area contributed by atoms with Gasteiger partial charge in [0.25, 0.3) is 0 Å². The van der Waals surface area contributed by atoms with Gasteiger partial charge >= 0.3 is 0 Å². The minimum atomic E-state index is 0.516. The maximum Gasteiger partial charge on any atom is 0.161 e. The van der Waals surface area contributed by atoms with E-state index in [2.05, 4.69) is 33.3 Å². The monoisotopic (exact) mass is 252 g/mol. The number of hydrogen-bond acceptors (Lipinski definition) is 3. The van der Waals surface area contributed by atoms with Crippen molar-refractivity contribution in [2.75, 3.05) is 19.6 Å². The van der Waals surface area contributed by atoms with Gasteiger partial charge in [-0.15, -0.1) is 0 Å². The van der Waals surface area contributed by atoms with Crippen molar-refractivity contribution in [2.45, 2.75) is 20.4 Å². The van der Waals surface area contributed by atoms with Gasteiger partial charge in [-0.25, -0.2) is 9.97 Å². The number of imidazole rings is 1. The van der Waals surface area contributed by atoms with Crippen LogP contribution in [0.25, 0.3) is 11.2 Å². The van der Waals surface area contributed by atoms with Crippen LogP contribution in [-0.2, 0) is 6.54 Å². The molecule has 0 bridgehead atoms. The Kier molecular flexibility index (Phi) is 3.97. The molecule has 0 aromatic carbocycles. The highest BCUT2D eigenvalue weighted by Crippen LogP contribution is 2.13. The molecule has 2 heterocycles. The molecule has 0 amide bonds. The van der Waals surface area contributed by atoms with E-state index in [1.54, 1.807) is 6.07 Å². The molecule has 0 atom stereocenters. The molecule has 92 valence electrons. The first kappa shape index (κ1) is 12.3. The molecule has 0 unspecified atom stereocenters. The van der Waals surface area contributed by atoms with Crippen molar-refractivity contribution in [3.8, 4) is 0 Å². The Bertz CT molecular complexity index is 490. The van der Waals surface area contributed by atoms with Gasteiger partial charge in [0.15, 0.2) is 5.65 Å². The predicted molar refractivity (Wildman–Crippen MR) is 70.3 cm³/mol. The summed E-state index contributed by atoms with van der Waals surface area (Å²) in [5, 5.41) is 0.516. The summed E-state index contributed by atoms with van der Waals surface area (Å²) in [6.45, 7) is 8.38. The molecule has 0 fully saturated rings. The smallest absolute Gasteiger partial charge is 0.161 e. The van der Waals surface area contributed by atoms with Gasteiger partial charge in [-0.3, -0.25) is 0 Å². The van der Waals surface area contributed by atoms with E-state index < -0.39 is 0 Å². The van der Waals surface area contributed by atoms with E-state index in [4.69, 9.17) is 11.6 Å². The highest BCUT2D eigenvalue weighted by atomic mass is 35.5. The van der Waals surface area contributed by atoms with Crippen LogP contribution >= 0.6 is 11.6 Å². The average Bonchev–Trinajstić information content (AvgIpc) is 2.73. The van der Waals surface area contributed by atoms with Crippen molar-refractivity contribution >= 4 is 22.8 Å². The largest absolute Gasteiger partial charge is 0.314 e. The first-order valence-electron chi connectivity index (χ1n) is 5.94. The number of hydrogen-bond donors (Lipinski definition) is 0. The van der Waals surface area contributed by atoms with E-state index in [-0.39, 0.29) is 0 Å². The van der Waals surface area contributed by atoms with Gasteiger partial charge in [0, 0.05) is 13.1 Å². The number of fused-ring (bicyclic) bond motifs is 1. The second kappa shape index (κ2) is 5.47. The second-order valence-electron chi connectivity index (χ2n) is 3.94. The van der Waals surface area contributed by atoms with E-state index in [0.29, 0.717) is 5.15 Å². The zero-order chi connectivity index (χ0) is 12.3. The summed E-state index contributed by atoms with van der Waals surface area (Å²) in [5.41, 5.74) is 1.76. The standard InChI is InChI=1S/C12H17ClN4/c1-3-16(4-2)7-8-17-9-14-10-5-6-11(13)15-12(10)17/h5-6,9H,3-4,7-8H2,1-2H3. The zero-order valence-corrected chi connectivity index (χ0v) is 11.0. The molecule has 0 radical (unpaired) electrons. The molecule has 0 spiro atoms. The summed E-state index contributed by atoms with van der Waals surface area (Å²) >= 11 is 5.90. The van der Waals surface area contributed by atoms with Gasteiger partial charge in [0.2, 0.25) is 0 Å². The maximum absolute atomic E-state index is 5.90. The Morgan fingerprint density at radius 3 is 2.76 bits per heavy atom. The number of halogens is 1. The fourth-order valence-corrected chi connectivity index (χ4v) is 2.01. The molecular weight excluding hydrogens is 236 g/mol. The molecule has 0 aliphatic rings. The molecular formula is C12H17ClN4. The van der Waals surface area contributed by atoms with Gasteiger partial charge in [0.1, 0.15) is 10.7 Å². The van der Waals surface area contributed by atoms with Crippen LogP contribution in [0.4, 0.5) is 0 Å². The number of likely N-dealkylation sites (N-methyl/N-ethyl adjacent to an activating group) is 1. The van der Waals surface area contributed by atoms with Crippen LogP contribution in [0, 0.1) is 0 Å². The van der Waals surface area contributed by atoms with Crippen molar-refractivity contribution in [1.82, 2.24) is 19.4 Å². The molecule has 0 saturated heterocycles. The van der Waals surface area contributed by atoms with Crippen LogP contribution in [0.15, 0.2) is 18.5 Å². The third-order valence-corrected chi connectivity index (χ3v) is 3.19. The topological polar surface area (TPSA) is 34.0 Å². The summed E-state index contributed by atoms with van der Waals surface area (Å²) in [5.74, 6) is 0. The molecule has 0 aliphatic carbocycles. The van der Waals surface area contributed by atoms with Crippen LogP contribution in [-0.4, -0.2) is 39.1 Å². The number of aromatic nitrogens is 3. The van der Waals surface area contributed by atoms with E-state index >= 15 is 0 Å². The Balaban J connectivity index is 2.16. The molecule has 5 heteroatoms. The Labute approximate surface area is 106 Å². The van der Waals surface area contributed by atoms with Crippen LogP contribution in [0.1, 0.15) is 13.8 Å². The average molecular weight is 253 g/mol. The predicted octanol–water partition coefficient (Wildman–Crippen LogP) is 2.43. The Morgan fingerprint density at radius 1 is 1.29 bits per heavy atom. The van der Waals surface area contributed by atoms with E-state index in [9.17, 15) is 0 Å². The van der Waals surface area contributed by atoms with Crippen LogP contribution < -0.4 is 0 Å². The molecule has 0 N–H and O–H groups in total. The van der Waals surface area contributed by atoms with Gasteiger partial charge in [0.05, 0.1) is 6.33 Å². The number of pyridine rings is 1. The minimum Gasteiger partial charge on any atom is -0.314 e. The quantitative estimate of drug-likeness (QED) is 0.767. The molecule has 0 aliphatic heterocycles. The number of nitrogens with zero attached hydrogens (tertiary/aromatic N) is 4.